The number of carbonyl (C=O) groups excluding carboxylic acids is 3. The predicted octanol–water partition coefficient (Wildman–Crippen LogP) is 2.29. The Morgan fingerprint density at radius 3 is 2.60 bits per heavy atom. The molecule has 1 aliphatic rings. The number of nitrogens with zero attached hydrogens (tertiary/aromatic N) is 3. The van der Waals surface area contributed by atoms with Crippen LogP contribution in [0, 0.1) is 6.92 Å². The van der Waals surface area contributed by atoms with Gasteiger partial charge in [0.2, 0.25) is 11.8 Å². The number of aliphatic hydroxyl groups excluding tert-OH is 1. The molecule has 0 bridgehead atoms. The van der Waals surface area contributed by atoms with Gasteiger partial charge in [0.1, 0.15) is 12.4 Å². The van der Waals surface area contributed by atoms with E-state index in [-0.39, 0.29) is 29.9 Å². The minimum absolute atomic E-state index is 0.0257. The van der Waals surface area contributed by atoms with Crippen LogP contribution in [0.1, 0.15) is 30.5 Å². The number of aromatic amines is 1. The summed E-state index contributed by atoms with van der Waals surface area (Å²) >= 11 is 2.64. The molecular formula is C28H34N6O4S2. The minimum Gasteiger partial charge on any atom is -0.381 e. The van der Waals surface area contributed by atoms with Gasteiger partial charge in [0.25, 0.3) is 5.91 Å². The molecule has 1 aliphatic heterocycles. The smallest absolute Gasteiger partial charge is 0.254 e. The summed E-state index contributed by atoms with van der Waals surface area (Å²) in [6, 6.07) is 15.4. The first-order valence-corrected chi connectivity index (χ1v) is 14.9. The SMILES string of the molecule is Cc1ccccc1CNC(=O)[C@@H]1N(C(=O)[C@@H](O)[C@H](Cc2ccccc2)NC(=O)CSc2ncn[nH]2)CSC1(C)C. The topological polar surface area (TPSA) is 140 Å². The molecule has 0 unspecified atom stereocenters. The van der Waals surface area contributed by atoms with Crippen LogP contribution in [-0.4, -0.2) is 77.5 Å². The molecule has 4 N–H and O–H groups in total. The van der Waals surface area contributed by atoms with E-state index >= 15 is 0 Å². The number of amides is 3. The number of rotatable bonds is 11. The van der Waals surface area contributed by atoms with Crippen LogP contribution < -0.4 is 10.6 Å². The number of aromatic nitrogens is 3. The summed E-state index contributed by atoms with van der Waals surface area (Å²) in [5, 5.41) is 24.1. The van der Waals surface area contributed by atoms with Crippen LogP contribution >= 0.6 is 23.5 Å². The molecular weight excluding hydrogens is 548 g/mol. The molecule has 2 heterocycles. The van der Waals surface area contributed by atoms with Crippen LogP contribution in [0.25, 0.3) is 0 Å². The van der Waals surface area contributed by atoms with Crippen molar-refractivity contribution >= 4 is 41.2 Å². The van der Waals surface area contributed by atoms with Crippen molar-refractivity contribution in [1.29, 1.82) is 0 Å². The zero-order valence-electron chi connectivity index (χ0n) is 22.7. The lowest BCUT2D eigenvalue weighted by molar-refractivity contribution is -0.147. The third-order valence-electron chi connectivity index (χ3n) is 6.80. The van der Waals surface area contributed by atoms with E-state index in [1.807, 2.05) is 75.4 Å². The van der Waals surface area contributed by atoms with Gasteiger partial charge in [-0.05, 0) is 43.9 Å². The van der Waals surface area contributed by atoms with Gasteiger partial charge in [-0.1, -0.05) is 66.4 Å². The molecule has 212 valence electrons. The number of thioether (sulfide) groups is 2. The van der Waals surface area contributed by atoms with E-state index in [1.54, 1.807) is 0 Å². The molecule has 3 atom stereocenters. The van der Waals surface area contributed by atoms with Gasteiger partial charge in [-0.25, -0.2) is 4.98 Å². The summed E-state index contributed by atoms with van der Waals surface area (Å²) in [6.45, 7) is 6.15. The third kappa shape index (κ3) is 7.43. The number of benzene rings is 2. The standard InChI is InChI=1S/C28H34N6O4S2/c1-18-9-7-8-12-20(18)14-29-25(37)24-28(2,3)40-17-34(24)26(38)23(36)21(13-19-10-5-4-6-11-19)32-22(35)15-39-27-30-16-31-33-27/h4-12,16,21,23-24,36H,13-15,17H2,1-3H3,(H,29,37)(H,32,35)(H,30,31,33)/t21-,23-,24-/m0/s1. The Hall–Kier alpha value is -3.35. The molecule has 0 radical (unpaired) electrons. The maximum absolute atomic E-state index is 13.7. The second-order valence-electron chi connectivity index (χ2n) is 10.1. The molecule has 1 fully saturated rings. The molecule has 1 aromatic heterocycles. The lowest BCUT2D eigenvalue weighted by Gasteiger charge is -2.33. The number of aliphatic hydroxyl groups is 1. The van der Waals surface area contributed by atoms with E-state index in [4.69, 9.17) is 0 Å². The Balaban J connectivity index is 1.48. The van der Waals surface area contributed by atoms with Gasteiger partial charge < -0.3 is 20.6 Å². The maximum atomic E-state index is 13.7. The fourth-order valence-corrected chi connectivity index (χ4v) is 6.33. The molecule has 2 aromatic carbocycles. The van der Waals surface area contributed by atoms with Gasteiger partial charge in [0.05, 0.1) is 17.7 Å². The maximum Gasteiger partial charge on any atom is 0.254 e. The van der Waals surface area contributed by atoms with Crippen molar-refractivity contribution in [2.75, 3.05) is 11.6 Å². The van der Waals surface area contributed by atoms with Gasteiger partial charge in [0, 0.05) is 11.3 Å². The second-order valence-corrected chi connectivity index (χ2v) is 12.7. The molecule has 40 heavy (non-hydrogen) atoms. The summed E-state index contributed by atoms with van der Waals surface area (Å²) < 4.78 is -0.572. The first kappa shape index (κ1) is 29.6. The second kappa shape index (κ2) is 13.3. The van der Waals surface area contributed by atoms with Crippen molar-refractivity contribution in [3.8, 4) is 0 Å². The van der Waals surface area contributed by atoms with Crippen LogP contribution in [0.3, 0.4) is 0 Å². The Bertz CT molecular complexity index is 1310. The van der Waals surface area contributed by atoms with Crippen molar-refractivity contribution in [3.63, 3.8) is 0 Å². The van der Waals surface area contributed by atoms with Crippen LogP contribution in [0.15, 0.2) is 66.1 Å². The fraction of sp³-hybridized carbons (Fsp3) is 0.393. The van der Waals surface area contributed by atoms with Gasteiger partial charge in [-0.3, -0.25) is 19.5 Å². The average molecular weight is 583 g/mol. The lowest BCUT2D eigenvalue weighted by Crippen LogP contribution is -2.58. The minimum atomic E-state index is -1.55. The summed E-state index contributed by atoms with van der Waals surface area (Å²) in [5.41, 5.74) is 2.91. The first-order valence-electron chi connectivity index (χ1n) is 12.9. The number of aryl methyl sites for hydroxylation is 1. The molecule has 3 aromatic rings. The Morgan fingerprint density at radius 1 is 1.18 bits per heavy atom. The van der Waals surface area contributed by atoms with Crippen LogP contribution in [-0.2, 0) is 27.3 Å². The summed E-state index contributed by atoms with van der Waals surface area (Å²) in [6.07, 6.45) is 0.0333. The predicted molar refractivity (Wildman–Crippen MR) is 155 cm³/mol. The summed E-state index contributed by atoms with van der Waals surface area (Å²) in [5.74, 6) is -0.974. The number of nitrogens with one attached hydrogen (secondary N) is 3. The van der Waals surface area contributed by atoms with Crippen LogP contribution in [0.2, 0.25) is 0 Å². The summed E-state index contributed by atoms with van der Waals surface area (Å²) in [7, 11) is 0. The van der Waals surface area contributed by atoms with Crippen molar-refractivity contribution in [3.05, 3.63) is 77.6 Å². The zero-order chi connectivity index (χ0) is 28.7. The largest absolute Gasteiger partial charge is 0.381 e. The fourth-order valence-electron chi connectivity index (χ4n) is 4.60. The highest BCUT2D eigenvalue weighted by molar-refractivity contribution is 8.01. The van der Waals surface area contributed by atoms with E-state index in [0.29, 0.717) is 11.7 Å². The highest BCUT2D eigenvalue weighted by Gasteiger charge is 2.49. The number of carbonyl (C=O) groups is 3. The van der Waals surface area contributed by atoms with Crippen molar-refractivity contribution in [2.24, 2.45) is 0 Å². The number of H-pyrrole nitrogens is 1. The lowest BCUT2D eigenvalue weighted by atomic mass is 9.97. The normalized spacial score (nSPS) is 17.7. The van der Waals surface area contributed by atoms with E-state index in [9.17, 15) is 19.5 Å². The Morgan fingerprint density at radius 2 is 1.90 bits per heavy atom. The quantitative estimate of drug-likeness (QED) is 0.253. The zero-order valence-corrected chi connectivity index (χ0v) is 24.3. The molecule has 12 heteroatoms. The van der Waals surface area contributed by atoms with Crippen molar-refractivity contribution in [1.82, 2.24) is 30.7 Å². The molecule has 4 rings (SSSR count). The number of hydrogen-bond acceptors (Lipinski definition) is 8. The summed E-state index contributed by atoms with van der Waals surface area (Å²) in [4.78, 5) is 45.4. The molecule has 0 aliphatic carbocycles. The van der Waals surface area contributed by atoms with E-state index < -0.39 is 28.8 Å². The highest BCUT2D eigenvalue weighted by atomic mass is 32.2. The van der Waals surface area contributed by atoms with Crippen LogP contribution in [0.4, 0.5) is 0 Å². The van der Waals surface area contributed by atoms with E-state index in [1.165, 1.54) is 23.0 Å². The molecule has 0 spiro atoms. The van der Waals surface area contributed by atoms with Crippen molar-refractivity contribution in [2.45, 2.75) is 61.8 Å². The van der Waals surface area contributed by atoms with E-state index in [0.717, 1.165) is 28.5 Å². The molecule has 1 saturated heterocycles. The Kier molecular flexibility index (Phi) is 9.88. The molecule has 0 saturated carbocycles. The van der Waals surface area contributed by atoms with Gasteiger partial charge in [0.15, 0.2) is 11.3 Å². The van der Waals surface area contributed by atoms with Crippen molar-refractivity contribution < 1.29 is 19.5 Å². The average Bonchev–Trinajstić information content (AvgIpc) is 3.58. The van der Waals surface area contributed by atoms with Gasteiger partial charge in [-0.15, -0.1) is 11.8 Å². The Labute approximate surface area is 242 Å². The van der Waals surface area contributed by atoms with Crippen LogP contribution in [0.5, 0.6) is 0 Å². The third-order valence-corrected chi connectivity index (χ3v) is 9.05. The van der Waals surface area contributed by atoms with E-state index in [2.05, 4.69) is 25.8 Å². The van der Waals surface area contributed by atoms with Gasteiger partial charge >= 0.3 is 0 Å². The number of hydrogen-bond donors (Lipinski definition) is 4. The highest BCUT2D eigenvalue weighted by Crippen LogP contribution is 2.40. The van der Waals surface area contributed by atoms with Gasteiger partial charge in [-0.2, -0.15) is 5.10 Å². The monoisotopic (exact) mass is 582 g/mol. The first-order chi connectivity index (χ1) is 19.2. The molecule has 3 amide bonds. The molecule has 10 nitrogen and oxygen atoms in total.